The fraction of sp³-hybridized carbons (Fsp3) is 0.143. The van der Waals surface area contributed by atoms with Crippen molar-refractivity contribution in [2.75, 3.05) is 11.9 Å². The number of benzene rings is 2. The van der Waals surface area contributed by atoms with Crippen molar-refractivity contribution in [2.24, 2.45) is 0 Å². The Morgan fingerprint density at radius 2 is 1.69 bits per heavy atom. The summed E-state index contributed by atoms with van der Waals surface area (Å²) in [5.41, 5.74) is 3.51. The van der Waals surface area contributed by atoms with E-state index in [1.807, 2.05) is 65.4 Å². The van der Waals surface area contributed by atoms with Crippen LogP contribution in [-0.2, 0) is 4.79 Å². The number of amides is 2. The zero-order valence-corrected chi connectivity index (χ0v) is 15.1. The highest BCUT2D eigenvalue weighted by Crippen LogP contribution is 2.27. The second-order valence-corrected chi connectivity index (χ2v) is 6.61. The van der Waals surface area contributed by atoms with Crippen molar-refractivity contribution in [3.8, 4) is 11.1 Å². The van der Waals surface area contributed by atoms with Gasteiger partial charge in [-0.3, -0.25) is 9.59 Å². The fourth-order valence-electron chi connectivity index (χ4n) is 2.62. The van der Waals surface area contributed by atoms with Gasteiger partial charge >= 0.3 is 0 Å². The average Bonchev–Trinajstić information content (AvgIpc) is 3.21. The lowest BCUT2D eigenvalue weighted by molar-refractivity contribution is -0.116. The van der Waals surface area contributed by atoms with Gasteiger partial charge in [-0.1, -0.05) is 48.5 Å². The second-order valence-electron chi connectivity index (χ2n) is 5.83. The first-order chi connectivity index (χ1) is 12.7. The highest BCUT2D eigenvalue weighted by atomic mass is 32.1. The van der Waals surface area contributed by atoms with Crippen LogP contribution in [0.1, 0.15) is 23.2 Å². The molecule has 2 aromatic carbocycles. The highest BCUT2D eigenvalue weighted by Gasteiger charge is 2.09. The van der Waals surface area contributed by atoms with E-state index in [-0.39, 0.29) is 11.8 Å². The number of anilines is 1. The lowest BCUT2D eigenvalue weighted by Gasteiger charge is -2.11. The molecule has 3 rings (SSSR count). The summed E-state index contributed by atoms with van der Waals surface area (Å²) < 4.78 is 0. The maximum Gasteiger partial charge on any atom is 0.252 e. The summed E-state index contributed by atoms with van der Waals surface area (Å²) in [5.74, 6) is -0.153. The number of nitrogens with one attached hydrogen (secondary N) is 2. The Hall–Kier alpha value is -2.92. The molecule has 0 aliphatic heterocycles. The van der Waals surface area contributed by atoms with Crippen molar-refractivity contribution in [3.05, 3.63) is 77.0 Å². The predicted octanol–water partition coefficient (Wildman–Crippen LogP) is 4.56. The minimum atomic E-state index is -0.0962. The molecule has 0 unspecified atom stereocenters. The summed E-state index contributed by atoms with van der Waals surface area (Å²) >= 11 is 1.49. The molecule has 0 radical (unpaired) electrons. The first-order valence-electron chi connectivity index (χ1n) is 8.49. The molecule has 1 heterocycles. The molecule has 0 saturated heterocycles. The molecular formula is C21H20N2O2S. The third kappa shape index (κ3) is 4.80. The van der Waals surface area contributed by atoms with Gasteiger partial charge in [0, 0.05) is 35.2 Å². The highest BCUT2D eigenvalue weighted by molar-refractivity contribution is 7.08. The number of hydrogen-bond donors (Lipinski definition) is 2. The molecule has 132 valence electrons. The summed E-state index contributed by atoms with van der Waals surface area (Å²) in [6.45, 7) is 0.475. The van der Waals surface area contributed by atoms with Crippen LogP contribution in [0.5, 0.6) is 0 Å². The van der Waals surface area contributed by atoms with Gasteiger partial charge in [-0.05, 0) is 29.5 Å². The van der Waals surface area contributed by atoms with Crippen LogP contribution in [0.25, 0.3) is 11.1 Å². The van der Waals surface area contributed by atoms with Gasteiger partial charge in [-0.2, -0.15) is 11.3 Å². The molecule has 26 heavy (non-hydrogen) atoms. The monoisotopic (exact) mass is 364 g/mol. The Kier molecular flexibility index (Phi) is 6.17. The second kappa shape index (κ2) is 8.97. The molecule has 0 spiro atoms. The Balaban J connectivity index is 1.50. The van der Waals surface area contributed by atoms with Crippen molar-refractivity contribution >= 4 is 28.8 Å². The van der Waals surface area contributed by atoms with E-state index < -0.39 is 0 Å². The molecule has 0 aliphatic carbocycles. The van der Waals surface area contributed by atoms with Crippen LogP contribution in [0.3, 0.4) is 0 Å². The van der Waals surface area contributed by atoms with E-state index in [0.29, 0.717) is 24.9 Å². The molecule has 3 aromatic rings. The Bertz CT molecular complexity index is 861. The molecule has 0 bridgehead atoms. The largest absolute Gasteiger partial charge is 0.352 e. The lowest BCUT2D eigenvalue weighted by Crippen LogP contribution is -2.25. The minimum Gasteiger partial charge on any atom is -0.352 e. The molecule has 0 aliphatic rings. The SMILES string of the molecule is O=C(CCCNC(=O)c1ccsc1)Nc1ccccc1-c1ccccc1. The van der Waals surface area contributed by atoms with Gasteiger partial charge in [-0.25, -0.2) is 0 Å². The van der Waals surface area contributed by atoms with E-state index in [1.165, 1.54) is 11.3 Å². The van der Waals surface area contributed by atoms with Crippen LogP contribution in [-0.4, -0.2) is 18.4 Å². The summed E-state index contributed by atoms with van der Waals surface area (Å²) in [5, 5.41) is 9.48. The normalized spacial score (nSPS) is 10.3. The summed E-state index contributed by atoms with van der Waals surface area (Å²) in [6.07, 6.45) is 0.947. The molecule has 4 nitrogen and oxygen atoms in total. The Morgan fingerprint density at radius 3 is 2.46 bits per heavy atom. The summed E-state index contributed by atoms with van der Waals surface area (Å²) in [4.78, 5) is 24.1. The summed E-state index contributed by atoms with van der Waals surface area (Å²) in [6, 6.07) is 19.5. The van der Waals surface area contributed by atoms with Gasteiger partial charge in [-0.15, -0.1) is 0 Å². The van der Waals surface area contributed by atoms with Crippen LogP contribution in [0.15, 0.2) is 71.4 Å². The molecule has 0 saturated carbocycles. The van der Waals surface area contributed by atoms with Crippen molar-refractivity contribution in [1.29, 1.82) is 0 Å². The van der Waals surface area contributed by atoms with Crippen molar-refractivity contribution in [3.63, 3.8) is 0 Å². The van der Waals surface area contributed by atoms with Crippen LogP contribution in [0, 0.1) is 0 Å². The van der Waals surface area contributed by atoms with Crippen molar-refractivity contribution in [2.45, 2.75) is 12.8 Å². The van der Waals surface area contributed by atoms with Gasteiger partial charge < -0.3 is 10.6 Å². The van der Waals surface area contributed by atoms with Gasteiger partial charge in [0.05, 0.1) is 0 Å². The third-order valence-electron chi connectivity index (χ3n) is 3.94. The molecule has 0 atom stereocenters. The van der Waals surface area contributed by atoms with Crippen LogP contribution >= 0.6 is 11.3 Å². The van der Waals surface area contributed by atoms with E-state index >= 15 is 0 Å². The number of para-hydroxylation sites is 1. The van der Waals surface area contributed by atoms with Gasteiger partial charge in [0.15, 0.2) is 0 Å². The van der Waals surface area contributed by atoms with Crippen molar-refractivity contribution in [1.82, 2.24) is 5.32 Å². The van der Waals surface area contributed by atoms with E-state index in [2.05, 4.69) is 10.6 Å². The number of carbonyl (C=O) groups is 2. The zero-order valence-electron chi connectivity index (χ0n) is 14.3. The Morgan fingerprint density at radius 1 is 0.923 bits per heavy atom. The standard InChI is InChI=1S/C21H20N2O2S/c24-20(11-6-13-22-21(25)17-12-14-26-15-17)23-19-10-5-4-9-18(19)16-7-2-1-3-8-16/h1-5,7-10,12,14-15H,6,11,13H2,(H,22,25)(H,23,24). The Labute approximate surface area is 156 Å². The van der Waals surface area contributed by atoms with Gasteiger partial charge in [0.1, 0.15) is 0 Å². The van der Waals surface area contributed by atoms with E-state index in [4.69, 9.17) is 0 Å². The molecule has 2 amide bonds. The predicted molar refractivity (Wildman–Crippen MR) is 106 cm³/mol. The number of rotatable bonds is 7. The quantitative estimate of drug-likeness (QED) is 0.604. The third-order valence-corrected chi connectivity index (χ3v) is 4.62. The van der Waals surface area contributed by atoms with Crippen LogP contribution in [0.2, 0.25) is 0 Å². The molecule has 5 heteroatoms. The molecule has 2 N–H and O–H groups in total. The number of carbonyl (C=O) groups excluding carboxylic acids is 2. The number of hydrogen-bond acceptors (Lipinski definition) is 3. The number of thiophene rings is 1. The molecule has 0 fully saturated rings. The van der Waals surface area contributed by atoms with Crippen molar-refractivity contribution < 1.29 is 9.59 Å². The molecule has 1 aromatic heterocycles. The summed E-state index contributed by atoms with van der Waals surface area (Å²) in [7, 11) is 0. The maximum atomic E-state index is 12.2. The topological polar surface area (TPSA) is 58.2 Å². The van der Waals surface area contributed by atoms with Gasteiger partial charge in [0.2, 0.25) is 5.91 Å². The maximum absolute atomic E-state index is 12.2. The van der Waals surface area contributed by atoms with Crippen LogP contribution in [0.4, 0.5) is 5.69 Å². The zero-order chi connectivity index (χ0) is 18.2. The first-order valence-corrected chi connectivity index (χ1v) is 9.43. The fourth-order valence-corrected chi connectivity index (χ4v) is 3.26. The first kappa shape index (κ1) is 17.9. The van der Waals surface area contributed by atoms with E-state index in [0.717, 1.165) is 16.8 Å². The van der Waals surface area contributed by atoms with Crippen LogP contribution < -0.4 is 10.6 Å². The molecular weight excluding hydrogens is 344 g/mol. The average molecular weight is 364 g/mol. The van der Waals surface area contributed by atoms with Gasteiger partial charge in [0.25, 0.3) is 5.91 Å². The van der Waals surface area contributed by atoms with E-state index in [1.54, 1.807) is 6.07 Å². The minimum absolute atomic E-state index is 0.0573. The lowest BCUT2D eigenvalue weighted by atomic mass is 10.0. The smallest absolute Gasteiger partial charge is 0.252 e. The van der Waals surface area contributed by atoms with E-state index in [9.17, 15) is 9.59 Å².